The number of allylic oxidation sites excluding steroid dienone is 1. The second kappa shape index (κ2) is 35.1. The van der Waals surface area contributed by atoms with Crippen molar-refractivity contribution in [3.8, 4) is 0 Å². The van der Waals surface area contributed by atoms with Crippen molar-refractivity contribution >= 4 is 13.7 Å². The van der Waals surface area contributed by atoms with Crippen molar-refractivity contribution in [2.75, 3.05) is 19.8 Å². The third-order valence-corrected chi connectivity index (χ3v) is 9.85. The first kappa shape index (κ1) is 46.2. The maximum Gasteiger partial charge on any atom is 0.472 e. The number of carbonyl (C=O) groups is 1. The van der Waals surface area contributed by atoms with E-state index in [9.17, 15) is 19.4 Å². The Morgan fingerprint density at radius 2 is 1.09 bits per heavy atom. The molecule has 3 atom stereocenters. The molecule has 0 spiro atoms. The summed E-state index contributed by atoms with van der Waals surface area (Å²) in [7, 11) is -4.33. The fraction of sp³-hybridized carbons (Fsp3) is 0.921. The number of nitrogens with two attached hydrogens (primary N) is 1. The molecule has 0 bridgehead atoms. The van der Waals surface area contributed by atoms with E-state index in [1.165, 1.54) is 135 Å². The minimum atomic E-state index is -4.33. The number of aliphatic hydroxyl groups is 1. The van der Waals surface area contributed by atoms with Gasteiger partial charge in [0.2, 0.25) is 5.91 Å². The summed E-state index contributed by atoms with van der Waals surface area (Å²) < 4.78 is 22.0. The van der Waals surface area contributed by atoms with E-state index < -0.39 is 20.0 Å². The van der Waals surface area contributed by atoms with Crippen LogP contribution >= 0.6 is 7.82 Å². The molecule has 0 fully saturated rings. The van der Waals surface area contributed by atoms with Gasteiger partial charge in [-0.25, -0.2) is 4.57 Å². The van der Waals surface area contributed by atoms with Gasteiger partial charge in [0.15, 0.2) is 0 Å². The predicted octanol–water partition coefficient (Wildman–Crippen LogP) is 10.4. The number of carbonyl (C=O) groups excluding carboxylic acids is 1. The monoisotopic (exact) mass is 689 g/mol. The maximum atomic E-state index is 12.7. The van der Waals surface area contributed by atoms with Crippen LogP contribution in [0, 0.1) is 0 Å². The smallest absolute Gasteiger partial charge is 0.387 e. The highest BCUT2D eigenvalue weighted by Gasteiger charge is 2.26. The molecule has 0 aliphatic heterocycles. The van der Waals surface area contributed by atoms with Crippen molar-refractivity contribution in [1.29, 1.82) is 0 Å². The van der Waals surface area contributed by atoms with Crippen molar-refractivity contribution in [3.63, 3.8) is 0 Å². The lowest BCUT2D eigenvalue weighted by Gasteiger charge is -2.23. The minimum absolute atomic E-state index is 0.0811. The topological polar surface area (TPSA) is 131 Å². The molecule has 8 nitrogen and oxygen atoms in total. The Bertz CT molecular complexity index is 754. The van der Waals surface area contributed by atoms with Gasteiger partial charge >= 0.3 is 7.82 Å². The molecule has 3 unspecified atom stereocenters. The van der Waals surface area contributed by atoms with E-state index in [1.807, 2.05) is 6.08 Å². The molecule has 47 heavy (non-hydrogen) atoms. The van der Waals surface area contributed by atoms with Gasteiger partial charge in [-0.1, -0.05) is 180 Å². The highest BCUT2D eigenvalue weighted by molar-refractivity contribution is 7.47. The van der Waals surface area contributed by atoms with E-state index in [4.69, 9.17) is 14.8 Å². The second-order valence-electron chi connectivity index (χ2n) is 13.5. The molecule has 0 saturated carbocycles. The largest absolute Gasteiger partial charge is 0.472 e. The normalized spacial score (nSPS) is 14.4. The van der Waals surface area contributed by atoms with E-state index in [2.05, 4.69) is 19.2 Å². The summed E-state index contributed by atoms with van der Waals surface area (Å²) in [5, 5.41) is 13.6. The highest BCUT2D eigenvalue weighted by Crippen LogP contribution is 2.43. The summed E-state index contributed by atoms with van der Waals surface area (Å²) in [6.07, 6.45) is 36.8. The van der Waals surface area contributed by atoms with Gasteiger partial charge in [-0.05, 0) is 19.3 Å². The molecule has 0 aliphatic carbocycles. The minimum Gasteiger partial charge on any atom is -0.387 e. The molecule has 1 amide bonds. The Balaban J connectivity index is 4.25. The van der Waals surface area contributed by atoms with Gasteiger partial charge in [0.05, 0.1) is 25.4 Å². The Kier molecular flexibility index (Phi) is 34.5. The Morgan fingerprint density at radius 1 is 0.681 bits per heavy atom. The van der Waals surface area contributed by atoms with E-state index >= 15 is 0 Å². The number of aliphatic hydroxyl groups excluding tert-OH is 1. The van der Waals surface area contributed by atoms with Crippen LogP contribution in [-0.2, 0) is 18.4 Å². The molecule has 0 aromatic carbocycles. The third kappa shape index (κ3) is 33.5. The van der Waals surface area contributed by atoms with Crippen molar-refractivity contribution in [1.82, 2.24) is 5.32 Å². The summed E-state index contributed by atoms with van der Waals surface area (Å²) in [6.45, 7) is 4.13. The Morgan fingerprint density at radius 3 is 1.51 bits per heavy atom. The molecular formula is C38H77N2O6P. The number of phosphoric ester groups is 1. The molecule has 0 aromatic heterocycles. The lowest BCUT2D eigenvalue weighted by atomic mass is 10.0. The summed E-state index contributed by atoms with van der Waals surface area (Å²) in [4.78, 5) is 22.6. The van der Waals surface area contributed by atoms with E-state index in [1.54, 1.807) is 6.08 Å². The van der Waals surface area contributed by atoms with Gasteiger partial charge < -0.3 is 21.1 Å². The molecule has 5 N–H and O–H groups in total. The molecule has 280 valence electrons. The van der Waals surface area contributed by atoms with Crippen molar-refractivity contribution in [2.45, 2.75) is 206 Å². The molecule has 0 rings (SSSR count). The quantitative estimate of drug-likeness (QED) is 0.0290. The van der Waals surface area contributed by atoms with E-state index in [-0.39, 0.29) is 25.7 Å². The lowest BCUT2D eigenvalue weighted by molar-refractivity contribution is -0.123. The summed E-state index contributed by atoms with van der Waals surface area (Å²) >= 11 is 0. The van der Waals surface area contributed by atoms with E-state index in [0.717, 1.165) is 38.5 Å². The number of rotatable bonds is 37. The zero-order valence-corrected chi connectivity index (χ0v) is 31.7. The number of unbranched alkanes of at least 4 members (excludes halogenated alkanes) is 25. The van der Waals surface area contributed by atoms with Crippen LogP contribution in [0.1, 0.15) is 194 Å². The fourth-order valence-electron chi connectivity index (χ4n) is 5.84. The molecular weight excluding hydrogens is 611 g/mol. The van der Waals surface area contributed by atoms with Gasteiger partial charge in [0.1, 0.15) is 0 Å². The van der Waals surface area contributed by atoms with Crippen LogP contribution in [0.5, 0.6) is 0 Å². The predicted molar refractivity (Wildman–Crippen MR) is 198 cm³/mol. The Labute approximate surface area is 290 Å². The van der Waals surface area contributed by atoms with E-state index in [0.29, 0.717) is 6.42 Å². The molecule has 0 heterocycles. The van der Waals surface area contributed by atoms with Gasteiger partial charge in [0, 0.05) is 13.0 Å². The van der Waals surface area contributed by atoms with Crippen LogP contribution in [0.3, 0.4) is 0 Å². The van der Waals surface area contributed by atoms with Crippen LogP contribution in [0.15, 0.2) is 12.2 Å². The van der Waals surface area contributed by atoms with Gasteiger partial charge in [0.25, 0.3) is 0 Å². The fourth-order valence-corrected chi connectivity index (χ4v) is 6.60. The average Bonchev–Trinajstić information content (AvgIpc) is 3.05. The molecule has 9 heteroatoms. The number of hydrogen-bond donors (Lipinski definition) is 4. The zero-order valence-electron chi connectivity index (χ0n) is 30.8. The average molecular weight is 689 g/mol. The van der Waals surface area contributed by atoms with Gasteiger partial charge in [-0.3, -0.25) is 13.8 Å². The van der Waals surface area contributed by atoms with Crippen molar-refractivity contribution in [3.05, 3.63) is 12.2 Å². The summed E-state index contributed by atoms with van der Waals surface area (Å²) in [5.41, 5.74) is 5.36. The highest BCUT2D eigenvalue weighted by atomic mass is 31.2. The van der Waals surface area contributed by atoms with Crippen LogP contribution < -0.4 is 11.1 Å². The van der Waals surface area contributed by atoms with Gasteiger partial charge in [-0.15, -0.1) is 0 Å². The number of hydrogen-bond acceptors (Lipinski definition) is 6. The molecule has 0 aromatic rings. The number of phosphoric acid groups is 1. The van der Waals surface area contributed by atoms with Crippen LogP contribution in [0.2, 0.25) is 0 Å². The van der Waals surface area contributed by atoms with Crippen LogP contribution in [0.4, 0.5) is 0 Å². The first-order valence-corrected chi connectivity index (χ1v) is 21.3. The molecule has 0 aliphatic rings. The standard InChI is InChI=1S/C38H77N2O6P/c1-3-5-7-9-11-13-15-16-17-18-19-20-22-23-25-27-29-31-37(41)36(35-46-47(43,44)45-34-33-39)40-38(42)32-30-28-26-24-21-14-12-10-8-6-4-2/h29,31,36-37,41H,3-28,30,32-35,39H2,1-2H3,(H,40,42)(H,43,44)/b31-29+. The molecule has 0 radical (unpaired) electrons. The lowest BCUT2D eigenvalue weighted by Crippen LogP contribution is -2.45. The SMILES string of the molecule is CCCCCCCCCCCCCCCCC/C=C/C(O)C(COP(=O)(O)OCCN)NC(=O)CCCCCCCCCCCCC. The van der Waals surface area contributed by atoms with Crippen LogP contribution in [0.25, 0.3) is 0 Å². The number of amides is 1. The summed E-state index contributed by atoms with van der Waals surface area (Å²) in [5.74, 6) is -0.194. The zero-order chi connectivity index (χ0) is 34.7. The van der Waals surface area contributed by atoms with Crippen LogP contribution in [-0.4, -0.2) is 47.8 Å². The first-order chi connectivity index (χ1) is 22.9. The van der Waals surface area contributed by atoms with Gasteiger partial charge in [-0.2, -0.15) is 0 Å². The molecule has 0 saturated heterocycles. The first-order valence-electron chi connectivity index (χ1n) is 19.8. The number of nitrogens with one attached hydrogen (secondary N) is 1. The second-order valence-corrected chi connectivity index (χ2v) is 15.0. The maximum absolute atomic E-state index is 12.7. The van der Waals surface area contributed by atoms with Crippen molar-refractivity contribution in [2.24, 2.45) is 5.73 Å². The Hall–Kier alpha value is -0.760. The summed E-state index contributed by atoms with van der Waals surface area (Å²) in [6, 6.07) is -0.852. The third-order valence-electron chi connectivity index (χ3n) is 8.86. The van der Waals surface area contributed by atoms with Crippen molar-refractivity contribution < 1.29 is 28.4 Å².